The van der Waals surface area contributed by atoms with Gasteiger partial charge in [0.25, 0.3) is 0 Å². The van der Waals surface area contributed by atoms with Crippen LogP contribution in [0.3, 0.4) is 0 Å². The van der Waals surface area contributed by atoms with Crippen LogP contribution in [0.2, 0.25) is 0 Å². The molecule has 0 aliphatic heterocycles. The fourth-order valence-corrected chi connectivity index (χ4v) is 3.65. The van der Waals surface area contributed by atoms with Crippen molar-refractivity contribution in [3.63, 3.8) is 0 Å². The Morgan fingerprint density at radius 2 is 1.44 bits per heavy atom. The second kappa shape index (κ2) is 9.87. The summed E-state index contributed by atoms with van der Waals surface area (Å²) in [6.45, 7) is 14.5. The van der Waals surface area contributed by atoms with Gasteiger partial charge in [-0.25, -0.2) is 0 Å². The van der Waals surface area contributed by atoms with Crippen LogP contribution in [0.25, 0.3) is 0 Å². The zero-order valence-electron chi connectivity index (χ0n) is 14.0. The highest BCUT2D eigenvalue weighted by molar-refractivity contribution is 4.81. The summed E-state index contributed by atoms with van der Waals surface area (Å²) in [4.78, 5) is 0. The van der Waals surface area contributed by atoms with Crippen LogP contribution in [0, 0.1) is 17.3 Å². The third-order valence-electron chi connectivity index (χ3n) is 4.82. The quantitative estimate of drug-likeness (QED) is 0.354. The molecule has 0 rings (SSSR count). The van der Waals surface area contributed by atoms with Gasteiger partial charge in [-0.15, -0.1) is 0 Å². The summed E-state index contributed by atoms with van der Waals surface area (Å²) in [5, 5.41) is 0. The first-order chi connectivity index (χ1) is 8.49. The lowest BCUT2D eigenvalue weighted by molar-refractivity contribution is 0.119. The summed E-state index contributed by atoms with van der Waals surface area (Å²) in [6, 6.07) is 0. The highest BCUT2D eigenvalue weighted by Crippen LogP contribution is 2.41. The third kappa shape index (κ3) is 6.81. The molecule has 0 fully saturated rings. The van der Waals surface area contributed by atoms with Crippen LogP contribution >= 0.6 is 0 Å². The minimum atomic E-state index is 0.537. The molecule has 0 aliphatic carbocycles. The van der Waals surface area contributed by atoms with Gasteiger partial charge in [0.2, 0.25) is 0 Å². The van der Waals surface area contributed by atoms with Crippen molar-refractivity contribution >= 4 is 0 Å². The molecule has 0 saturated carbocycles. The molecule has 0 heteroatoms. The summed E-state index contributed by atoms with van der Waals surface area (Å²) in [6.07, 6.45) is 12.6. The van der Waals surface area contributed by atoms with Gasteiger partial charge in [-0.3, -0.25) is 0 Å². The molecular formula is C18H38. The predicted octanol–water partition coefficient (Wildman–Crippen LogP) is 6.84. The van der Waals surface area contributed by atoms with Crippen molar-refractivity contribution < 1.29 is 0 Å². The van der Waals surface area contributed by atoms with Crippen molar-refractivity contribution in [2.24, 2.45) is 17.3 Å². The summed E-state index contributed by atoms with van der Waals surface area (Å²) in [5.74, 6) is 1.81. The van der Waals surface area contributed by atoms with E-state index in [0.29, 0.717) is 5.41 Å². The predicted molar refractivity (Wildman–Crippen MR) is 85.0 cm³/mol. The fraction of sp³-hybridized carbons (Fsp3) is 1.00. The summed E-state index contributed by atoms with van der Waals surface area (Å²) in [5.41, 5.74) is 0.537. The Morgan fingerprint density at radius 1 is 0.833 bits per heavy atom. The maximum Gasteiger partial charge on any atom is -0.0323 e. The first-order valence-electron chi connectivity index (χ1n) is 8.49. The van der Waals surface area contributed by atoms with E-state index in [9.17, 15) is 0 Å². The lowest BCUT2D eigenvalue weighted by Gasteiger charge is -2.38. The molecule has 2 atom stereocenters. The largest absolute Gasteiger partial charge is 0.0654 e. The monoisotopic (exact) mass is 254 g/mol. The van der Waals surface area contributed by atoms with Crippen molar-refractivity contribution in [3.05, 3.63) is 0 Å². The molecular weight excluding hydrogens is 216 g/mol. The molecule has 0 heterocycles. The van der Waals surface area contributed by atoms with Crippen molar-refractivity contribution in [1.82, 2.24) is 0 Å². The van der Waals surface area contributed by atoms with E-state index < -0.39 is 0 Å². The zero-order valence-corrected chi connectivity index (χ0v) is 14.0. The van der Waals surface area contributed by atoms with E-state index in [0.717, 1.165) is 11.8 Å². The average molecular weight is 255 g/mol. The van der Waals surface area contributed by atoms with E-state index in [4.69, 9.17) is 0 Å². The van der Waals surface area contributed by atoms with Crippen LogP contribution in [0.5, 0.6) is 0 Å². The number of hydrogen-bond acceptors (Lipinski definition) is 0. The number of rotatable bonds is 11. The molecule has 0 radical (unpaired) electrons. The normalized spacial score (nSPS) is 15.7. The second-order valence-corrected chi connectivity index (χ2v) is 6.93. The minimum absolute atomic E-state index is 0.537. The Bertz CT molecular complexity index is 180. The van der Waals surface area contributed by atoms with Crippen molar-refractivity contribution in [2.75, 3.05) is 0 Å². The molecule has 18 heavy (non-hydrogen) atoms. The lowest BCUT2D eigenvalue weighted by atomic mass is 9.67. The average Bonchev–Trinajstić information content (AvgIpc) is 2.32. The van der Waals surface area contributed by atoms with E-state index in [-0.39, 0.29) is 0 Å². The van der Waals surface area contributed by atoms with Gasteiger partial charge >= 0.3 is 0 Å². The van der Waals surface area contributed by atoms with Crippen molar-refractivity contribution in [3.8, 4) is 0 Å². The molecule has 2 unspecified atom stereocenters. The summed E-state index contributed by atoms with van der Waals surface area (Å²) in [7, 11) is 0. The van der Waals surface area contributed by atoms with E-state index >= 15 is 0 Å². The molecule has 0 nitrogen and oxygen atoms in total. The second-order valence-electron chi connectivity index (χ2n) is 6.93. The molecule has 0 aromatic carbocycles. The van der Waals surface area contributed by atoms with Crippen LogP contribution in [-0.2, 0) is 0 Å². The van der Waals surface area contributed by atoms with Crippen LogP contribution in [0.1, 0.15) is 99.3 Å². The first kappa shape index (κ1) is 18.0. The molecule has 0 spiro atoms. The maximum atomic E-state index is 2.51. The number of unbranched alkanes of at least 4 members (excludes halogenated alkanes) is 4. The molecule has 0 saturated heterocycles. The molecule has 0 aromatic rings. The molecule has 0 N–H and O–H groups in total. The van der Waals surface area contributed by atoms with Gasteiger partial charge in [0.15, 0.2) is 0 Å². The fourth-order valence-electron chi connectivity index (χ4n) is 3.65. The first-order valence-corrected chi connectivity index (χ1v) is 8.49. The van der Waals surface area contributed by atoms with Gasteiger partial charge in [-0.05, 0) is 23.7 Å². The van der Waals surface area contributed by atoms with E-state index in [1.54, 1.807) is 0 Å². The van der Waals surface area contributed by atoms with Crippen molar-refractivity contribution in [1.29, 1.82) is 0 Å². The SMILES string of the molecule is CCCCCCC(C)(C)C(CC)C(C)CCCC. The highest BCUT2D eigenvalue weighted by atomic mass is 14.4. The van der Waals surface area contributed by atoms with Crippen LogP contribution < -0.4 is 0 Å². The van der Waals surface area contributed by atoms with Gasteiger partial charge in [0.1, 0.15) is 0 Å². The molecule has 0 bridgehead atoms. The Balaban J connectivity index is 4.22. The Kier molecular flexibility index (Phi) is 9.87. The van der Waals surface area contributed by atoms with Crippen LogP contribution in [0.4, 0.5) is 0 Å². The van der Waals surface area contributed by atoms with Gasteiger partial charge in [-0.1, -0.05) is 92.9 Å². The highest BCUT2D eigenvalue weighted by Gasteiger charge is 2.31. The summed E-state index contributed by atoms with van der Waals surface area (Å²) >= 11 is 0. The smallest absolute Gasteiger partial charge is 0.0323 e. The van der Waals surface area contributed by atoms with Crippen molar-refractivity contribution in [2.45, 2.75) is 99.3 Å². The lowest BCUT2D eigenvalue weighted by Crippen LogP contribution is -2.29. The van der Waals surface area contributed by atoms with Gasteiger partial charge in [0.05, 0.1) is 0 Å². The third-order valence-corrected chi connectivity index (χ3v) is 4.82. The van der Waals surface area contributed by atoms with E-state index in [1.807, 2.05) is 0 Å². The van der Waals surface area contributed by atoms with E-state index in [1.165, 1.54) is 57.8 Å². The van der Waals surface area contributed by atoms with Crippen LogP contribution in [-0.4, -0.2) is 0 Å². The molecule has 0 amide bonds. The Hall–Kier alpha value is 0. The summed E-state index contributed by atoms with van der Waals surface area (Å²) < 4.78 is 0. The minimum Gasteiger partial charge on any atom is -0.0654 e. The number of hydrogen-bond donors (Lipinski definition) is 0. The standard InChI is InChI=1S/C18H38/c1-7-10-12-13-15-18(5,6)17(9-3)16(4)14-11-8-2/h16-17H,7-15H2,1-6H3. The van der Waals surface area contributed by atoms with Crippen LogP contribution in [0.15, 0.2) is 0 Å². The molecule has 110 valence electrons. The van der Waals surface area contributed by atoms with Gasteiger partial charge < -0.3 is 0 Å². The molecule has 0 aromatic heterocycles. The maximum absolute atomic E-state index is 2.51. The van der Waals surface area contributed by atoms with Gasteiger partial charge in [0, 0.05) is 0 Å². The Morgan fingerprint density at radius 3 is 1.94 bits per heavy atom. The Labute approximate surface area is 117 Å². The van der Waals surface area contributed by atoms with E-state index in [2.05, 4.69) is 41.5 Å². The van der Waals surface area contributed by atoms with Gasteiger partial charge in [-0.2, -0.15) is 0 Å². The molecule has 0 aliphatic rings. The topological polar surface area (TPSA) is 0 Å². The zero-order chi connectivity index (χ0) is 14.0.